The summed E-state index contributed by atoms with van der Waals surface area (Å²) in [6.45, 7) is 6.34. The molecule has 1 unspecified atom stereocenters. The largest absolute Gasteiger partial charge is 0.462 e. The van der Waals surface area contributed by atoms with Crippen molar-refractivity contribution in [2.45, 2.75) is 258 Å². The first-order chi connectivity index (χ1) is 36.0. The molecule has 0 saturated carbocycles. The normalized spacial score (nSPS) is 13.1. The van der Waals surface area contributed by atoms with Crippen LogP contribution >= 0.6 is 0 Å². The highest BCUT2D eigenvalue weighted by atomic mass is 16.6. The molecule has 0 aromatic heterocycles. The zero-order chi connectivity index (χ0) is 52.9. The van der Waals surface area contributed by atoms with E-state index in [2.05, 4.69) is 154 Å². The minimum Gasteiger partial charge on any atom is -0.462 e. The van der Waals surface area contributed by atoms with E-state index in [0.717, 1.165) is 148 Å². The summed E-state index contributed by atoms with van der Waals surface area (Å²) in [7, 11) is 0. The van der Waals surface area contributed by atoms with Crippen molar-refractivity contribution in [2.75, 3.05) is 13.2 Å². The molecule has 0 spiro atoms. The number of rotatable bonds is 52. The van der Waals surface area contributed by atoms with Gasteiger partial charge in [-0.05, 0) is 135 Å². The van der Waals surface area contributed by atoms with Crippen molar-refractivity contribution >= 4 is 17.9 Å². The molecule has 0 heterocycles. The molecule has 0 N–H and O–H groups in total. The molecule has 0 aliphatic heterocycles. The third kappa shape index (κ3) is 58.3. The van der Waals surface area contributed by atoms with E-state index in [9.17, 15) is 14.4 Å². The van der Waals surface area contributed by atoms with E-state index in [4.69, 9.17) is 14.2 Å². The first kappa shape index (κ1) is 68.6. The van der Waals surface area contributed by atoms with Gasteiger partial charge in [-0.3, -0.25) is 14.4 Å². The van der Waals surface area contributed by atoms with E-state index in [1.807, 2.05) is 0 Å². The van der Waals surface area contributed by atoms with Gasteiger partial charge in [-0.1, -0.05) is 231 Å². The highest BCUT2D eigenvalue weighted by molar-refractivity contribution is 5.71. The highest BCUT2D eigenvalue weighted by Gasteiger charge is 2.19. The number of carbonyl (C=O) groups is 3. The van der Waals surface area contributed by atoms with E-state index >= 15 is 0 Å². The standard InChI is InChI=1S/C67H108O6/c1-4-7-10-13-16-19-22-25-28-30-32-33-35-36-39-42-45-48-51-54-57-60-66(69)72-63-64(62-71-65(68)59-56-53-50-47-44-41-38-27-24-21-18-15-12-9-6-3)73-67(70)61-58-55-52-49-46-43-40-37-34-31-29-26-23-20-17-14-11-8-5-2/h7-8,10-11,16-21,25-29,32-34,37-38,43,46,64H,4-6,9,12-15,22-24,30-31,35-36,39-42,44-45,47-63H2,1-3H3/b10-7-,11-8-,19-16-,20-17-,21-18-,28-25-,29-26-,33-32-,37-34-,38-27-,46-43-. The molecule has 0 fully saturated rings. The SMILES string of the molecule is CC/C=C\C/C=C\C/C=C\C/C=C\C/C=C\CCCCCC(=O)OC(COC(=O)CCCCCCC/C=C\C/C=C\CCCCC)COC(=O)CCCCCCCCCC/C=C\C/C=C\C/C=C\C/C=C\CC. The van der Waals surface area contributed by atoms with E-state index < -0.39 is 6.10 Å². The lowest BCUT2D eigenvalue weighted by molar-refractivity contribution is -0.167. The highest BCUT2D eigenvalue weighted by Crippen LogP contribution is 2.14. The lowest BCUT2D eigenvalue weighted by Crippen LogP contribution is -2.30. The Morgan fingerprint density at radius 2 is 0.534 bits per heavy atom. The van der Waals surface area contributed by atoms with Crippen LogP contribution in [0.3, 0.4) is 0 Å². The third-order valence-corrected chi connectivity index (χ3v) is 12.1. The number of hydrogen-bond acceptors (Lipinski definition) is 6. The second kappa shape index (κ2) is 60.1. The molecule has 1 atom stereocenters. The van der Waals surface area contributed by atoms with Crippen molar-refractivity contribution in [1.82, 2.24) is 0 Å². The Balaban J connectivity index is 4.49. The quantitative estimate of drug-likeness (QED) is 0.0261. The van der Waals surface area contributed by atoms with Crippen LogP contribution in [0, 0.1) is 0 Å². The zero-order valence-electron chi connectivity index (χ0n) is 47.1. The predicted molar refractivity (Wildman–Crippen MR) is 316 cm³/mol. The summed E-state index contributed by atoms with van der Waals surface area (Å²) < 4.78 is 16.9. The lowest BCUT2D eigenvalue weighted by atomic mass is 10.1. The Labute approximate surface area is 449 Å². The van der Waals surface area contributed by atoms with Gasteiger partial charge >= 0.3 is 17.9 Å². The summed E-state index contributed by atoms with van der Waals surface area (Å²) in [6.07, 6.45) is 84.4. The molecular weight excluding hydrogens is 901 g/mol. The Hall–Kier alpha value is -4.45. The fourth-order valence-corrected chi connectivity index (χ4v) is 7.72. The van der Waals surface area contributed by atoms with Crippen LogP contribution < -0.4 is 0 Å². The molecule has 0 bridgehead atoms. The van der Waals surface area contributed by atoms with Crippen LogP contribution in [0.1, 0.15) is 252 Å². The Kier molecular flexibility index (Phi) is 56.4. The fraction of sp³-hybridized carbons (Fsp3) is 0.627. The zero-order valence-corrected chi connectivity index (χ0v) is 47.1. The average molecular weight is 1010 g/mol. The molecule has 6 heteroatoms. The summed E-state index contributed by atoms with van der Waals surface area (Å²) in [5, 5.41) is 0. The first-order valence-electron chi connectivity index (χ1n) is 29.7. The van der Waals surface area contributed by atoms with Gasteiger partial charge in [-0.15, -0.1) is 0 Å². The monoisotopic (exact) mass is 1010 g/mol. The van der Waals surface area contributed by atoms with Gasteiger partial charge in [0.25, 0.3) is 0 Å². The number of allylic oxidation sites excluding steroid dienone is 22. The van der Waals surface area contributed by atoms with Gasteiger partial charge in [0.1, 0.15) is 13.2 Å². The second-order valence-corrected chi connectivity index (χ2v) is 19.1. The van der Waals surface area contributed by atoms with Crippen molar-refractivity contribution in [3.63, 3.8) is 0 Å². The van der Waals surface area contributed by atoms with Crippen LogP contribution in [0.2, 0.25) is 0 Å². The van der Waals surface area contributed by atoms with Crippen molar-refractivity contribution in [2.24, 2.45) is 0 Å². The molecule has 0 saturated heterocycles. The van der Waals surface area contributed by atoms with E-state index in [1.54, 1.807) is 0 Å². The second-order valence-electron chi connectivity index (χ2n) is 19.1. The third-order valence-electron chi connectivity index (χ3n) is 12.1. The minimum atomic E-state index is -0.811. The Morgan fingerprint density at radius 1 is 0.288 bits per heavy atom. The first-order valence-corrected chi connectivity index (χ1v) is 29.7. The topological polar surface area (TPSA) is 78.9 Å². The van der Waals surface area contributed by atoms with Crippen molar-refractivity contribution < 1.29 is 28.6 Å². The van der Waals surface area contributed by atoms with E-state index in [-0.39, 0.29) is 37.5 Å². The Bertz CT molecular complexity index is 1580. The number of unbranched alkanes of at least 4 members (excludes halogenated alkanes) is 19. The van der Waals surface area contributed by atoms with Crippen LogP contribution in [0.4, 0.5) is 0 Å². The summed E-state index contributed by atoms with van der Waals surface area (Å²) in [4.78, 5) is 38.2. The average Bonchev–Trinajstić information content (AvgIpc) is 3.39. The molecule has 0 amide bonds. The van der Waals surface area contributed by atoms with Crippen LogP contribution in [0.15, 0.2) is 134 Å². The van der Waals surface area contributed by atoms with Gasteiger partial charge in [-0.2, -0.15) is 0 Å². The Morgan fingerprint density at radius 3 is 0.849 bits per heavy atom. The molecule has 0 aromatic carbocycles. The number of hydrogen-bond donors (Lipinski definition) is 0. The van der Waals surface area contributed by atoms with Gasteiger partial charge in [0.2, 0.25) is 0 Å². The number of esters is 3. The van der Waals surface area contributed by atoms with Crippen LogP contribution in [0.5, 0.6) is 0 Å². The van der Waals surface area contributed by atoms with E-state index in [1.165, 1.54) is 57.8 Å². The number of ether oxygens (including phenoxy) is 3. The van der Waals surface area contributed by atoms with Crippen molar-refractivity contribution in [3.05, 3.63) is 134 Å². The summed E-state index contributed by atoms with van der Waals surface area (Å²) in [5.41, 5.74) is 0. The van der Waals surface area contributed by atoms with Crippen molar-refractivity contribution in [1.29, 1.82) is 0 Å². The predicted octanol–water partition coefficient (Wildman–Crippen LogP) is 20.2. The lowest BCUT2D eigenvalue weighted by Gasteiger charge is -2.18. The van der Waals surface area contributed by atoms with E-state index in [0.29, 0.717) is 19.3 Å². The molecule has 0 radical (unpaired) electrons. The van der Waals surface area contributed by atoms with Gasteiger partial charge in [0.15, 0.2) is 6.10 Å². The summed E-state index contributed by atoms with van der Waals surface area (Å²) in [5.74, 6) is -0.960. The molecule has 0 rings (SSSR count). The minimum absolute atomic E-state index is 0.105. The van der Waals surface area contributed by atoms with Crippen LogP contribution in [-0.2, 0) is 28.6 Å². The van der Waals surface area contributed by atoms with Gasteiger partial charge in [-0.25, -0.2) is 0 Å². The van der Waals surface area contributed by atoms with Gasteiger partial charge in [0, 0.05) is 19.3 Å². The molecular formula is C67H108O6. The maximum Gasteiger partial charge on any atom is 0.306 e. The molecule has 73 heavy (non-hydrogen) atoms. The van der Waals surface area contributed by atoms with Gasteiger partial charge < -0.3 is 14.2 Å². The fourth-order valence-electron chi connectivity index (χ4n) is 7.72. The molecule has 6 nitrogen and oxygen atoms in total. The smallest absolute Gasteiger partial charge is 0.306 e. The van der Waals surface area contributed by atoms with Crippen molar-refractivity contribution in [3.8, 4) is 0 Å². The molecule has 412 valence electrons. The number of carbonyl (C=O) groups excluding carboxylic acids is 3. The molecule has 0 aliphatic carbocycles. The van der Waals surface area contributed by atoms with Gasteiger partial charge in [0.05, 0.1) is 0 Å². The van der Waals surface area contributed by atoms with Crippen LogP contribution in [-0.4, -0.2) is 37.2 Å². The molecule has 0 aromatic rings. The molecule has 0 aliphatic rings. The van der Waals surface area contributed by atoms with Crippen LogP contribution in [0.25, 0.3) is 0 Å². The summed E-state index contributed by atoms with van der Waals surface area (Å²) >= 11 is 0. The maximum absolute atomic E-state index is 12.9. The maximum atomic E-state index is 12.9. The summed E-state index contributed by atoms with van der Waals surface area (Å²) in [6, 6.07) is 0.